The van der Waals surface area contributed by atoms with E-state index in [4.69, 9.17) is 9.47 Å². The highest BCUT2D eigenvalue weighted by atomic mass is 19.4. The minimum absolute atomic E-state index is 0.0314. The number of ether oxygens (including phenoxy) is 3. The Hall–Kier alpha value is -3.54. The molecule has 9 nitrogen and oxygen atoms in total. The molecule has 1 aliphatic heterocycles. The number of amides is 3. The quantitative estimate of drug-likeness (QED) is 0.716. The first-order valence-corrected chi connectivity index (χ1v) is 8.97. The minimum atomic E-state index is -4.81. The lowest BCUT2D eigenvalue weighted by atomic mass is 10.1. The first-order valence-electron chi connectivity index (χ1n) is 8.97. The Morgan fingerprint density at radius 2 is 1.97 bits per heavy atom. The molecule has 2 aromatic rings. The summed E-state index contributed by atoms with van der Waals surface area (Å²) in [5.41, 5.74) is 0.735. The molecule has 2 N–H and O–H groups in total. The maximum atomic E-state index is 12.9. The van der Waals surface area contributed by atoms with Gasteiger partial charge in [0.05, 0.1) is 19.8 Å². The van der Waals surface area contributed by atoms with Gasteiger partial charge in [-0.2, -0.15) is 0 Å². The van der Waals surface area contributed by atoms with Crippen molar-refractivity contribution in [3.63, 3.8) is 0 Å². The van der Waals surface area contributed by atoms with E-state index in [9.17, 15) is 22.8 Å². The Balaban J connectivity index is 1.81. The second kappa shape index (κ2) is 9.08. The topological polar surface area (TPSA) is 102 Å². The van der Waals surface area contributed by atoms with E-state index in [1.54, 1.807) is 6.07 Å². The zero-order valence-electron chi connectivity index (χ0n) is 16.5. The number of rotatable bonds is 6. The van der Waals surface area contributed by atoms with Crippen LogP contribution in [0.2, 0.25) is 0 Å². The summed E-state index contributed by atoms with van der Waals surface area (Å²) < 4.78 is 51.2. The van der Waals surface area contributed by atoms with Crippen molar-refractivity contribution in [1.82, 2.24) is 10.3 Å². The Labute approximate surface area is 175 Å². The summed E-state index contributed by atoms with van der Waals surface area (Å²) >= 11 is 0. The number of methoxy groups -OCH3 is 2. The standard InChI is InChI=1S/C19H19F3N4O5/c1-29-10-13(11-3-5-12(6-4-11)31-19(20,21)22)24-18(28)26-9-15(27)25-16-14(30-2)7-8-23-17(16)26/h3-8,13H,9-10H2,1-2H3,(H,24,28)(H,25,27). The summed E-state index contributed by atoms with van der Waals surface area (Å²) in [5.74, 6) is -0.298. The van der Waals surface area contributed by atoms with E-state index < -0.39 is 30.1 Å². The van der Waals surface area contributed by atoms with Gasteiger partial charge in [0.1, 0.15) is 23.7 Å². The number of halogens is 3. The van der Waals surface area contributed by atoms with Crippen molar-refractivity contribution >= 4 is 23.4 Å². The van der Waals surface area contributed by atoms with E-state index in [-0.39, 0.29) is 24.7 Å². The first-order chi connectivity index (χ1) is 14.7. The molecule has 1 aliphatic rings. The number of carbonyl (C=O) groups excluding carboxylic acids is 2. The maximum absolute atomic E-state index is 12.9. The first kappa shape index (κ1) is 22.2. The predicted octanol–water partition coefficient (Wildman–Crippen LogP) is 2.84. The normalized spacial score (nSPS) is 14.4. The van der Waals surface area contributed by atoms with E-state index in [0.717, 1.165) is 17.0 Å². The van der Waals surface area contributed by atoms with Crippen LogP contribution in [0.5, 0.6) is 11.5 Å². The monoisotopic (exact) mass is 440 g/mol. The Kier molecular flexibility index (Phi) is 6.49. The van der Waals surface area contributed by atoms with Gasteiger partial charge in [0.25, 0.3) is 0 Å². The Morgan fingerprint density at radius 1 is 1.26 bits per heavy atom. The van der Waals surface area contributed by atoms with Crippen molar-refractivity contribution in [1.29, 1.82) is 0 Å². The molecule has 0 saturated carbocycles. The summed E-state index contributed by atoms with van der Waals surface area (Å²) in [5, 5.41) is 5.33. The van der Waals surface area contributed by atoms with Crippen LogP contribution in [0.25, 0.3) is 0 Å². The number of fused-ring (bicyclic) bond motifs is 1. The zero-order valence-corrected chi connectivity index (χ0v) is 16.5. The van der Waals surface area contributed by atoms with Crippen LogP contribution in [0.1, 0.15) is 11.6 Å². The van der Waals surface area contributed by atoms with Crippen LogP contribution < -0.4 is 25.0 Å². The van der Waals surface area contributed by atoms with Gasteiger partial charge in [0, 0.05) is 19.4 Å². The molecule has 3 rings (SSSR count). The second-order valence-electron chi connectivity index (χ2n) is 6.42. The number of carbonyl (C=O) groups is 2. The largest absolute Gasteiger partial charge is 0.573 e. The van der Waals surface area contributed by atoms with Gasteiger partial charge >= 0.3 is 12.4 Å². The lowest BCUT2D eigenvalue weighted by molar-refractivity contribution is -0.274. The SMILES string of the molecule is COCC(NC(=O)N1CC(=O)Nc2c(OC)ccnc21)c1ccc(OC(F)(F)F)cc1. The highest BCUT2D eigenvalue weighted by Crippen LogP contribution is 2.35. The Morgan fingerprint density at radius 3 is 2.58 bits per heavy atom. The summed E-state index contributed by atoms with van der Waals surface area (Å²) in [6.07, 6.45) is -3.38. The molecule has 1 unspecified atom stereocenters. The third kappa shape index (κ3) is 5.34. The van der Waals surface area contributed by atoms with Gasteiger partial charge in [-0.05, 0) is 17.7 Å². The fraction of sp³-hybridized carbons (Fsp3) is 0.316. The third-order valence-corrected chi connectivity index (χ3v) is 4.33. The molecule has 2 heterocycles. The predicted molar refractivity (Wildman–Crippen MR) is 103 cm³/mol. The molecule has 1 aromatic carbocycles. The molecule has 3 amide bonds. The second-order valence-corrected chi connectivity index (χ2v) is 6.42. The van der Waals surface area contributed by atoms with E-state index in [1.165, 1.54) is 32.5 Å². The number of nitrogens with zero attached hydrogens (tertiary/aromatic N) is 2. The minimum Gasteiger partial charge on any atom is -0.494 e. The van der Waals surface area contributed by atoms with Crippen molar-refractivity contribution in [2.45, 2.75) is 12.4 Å². The molecule has 0 bridgehead atoms. The molecular formula is C19H19F3N4O5. The van der Waals surface area contributed by atoms with Gasteiger partial charge in [-0.3, -0.25) is 9.69 Å². The summed E-state index contributed by atoms with van der Waals surface area (Å²) in [6, 6.07) is 5.21. The molecular weight excluding hydrogens is 421 g/mol. The van der Waals surface area contributed by atoms with Crippen LogP contribution in [0, 0.1) is 0 Å². The number of urea groups is 1. The number of anilines is 2. The number of hydrogen-bond acceptors (Lipinski definition) is 6. The van der Waals surface area contributed by atoms with Crippen LogP contribution in [0.4, 0.5) is 29.5 Å². The highest BCUT2D eigenvalue weighted by molar-refractivity contribution is 6.09. The number of alkyl halides is 3. The fourth-order valence-corrected chi connectivity index (χ4v) is 3.01. The summed E-state index contributed by atoms with van der Waals surface area (Å²) in [6.45, 7) is -0.249. The van der Waals surface area contributed by atoms with Crippen LogP contribution in [0.15, 0.2) is 36.5 Å². The molecule has 12 heteroatoms. The number of aromatic nitrogens is 1. The van der Waals surface area contributed by atoms with Crippen molar-refractivity contribution in [2.24, 2.45) is 0 Å². The maximum Gasteiger partial charge on any atom is 0.573 e. The van der Waals surface area contributed by atoms with Crippen LogP contribution in [0.3, 0.4) is 0 Å². The van der Waals surface area contributed by atoms with Crippen LogP contribution in [-0.4, -0.2) is 50.7 Å². The van der Waals surface area contributed by atoms with Gasteiger partial charge in [-0.1, -0.05) is 12.1 Å². The number of benzene rings is 1. The van der Waals surface area contributed by atoms with Crippen molar-refractivity contribution < 1.29 is 37.0 Å². The Bertz CT molecular complexity index is 953. The molecule has 0 saturated heterocycles. The lowest BCUT2D eigenvalue weighted by Crippen LogP contribution is -2.49. The average Bonchev–Trinajstić information content (AvgIpc) is 2.71. The van der Waals surface area contributed by atoms with Crippen LogP contribution >= 0.6 is 0 Å². The van der Waals surface area contributed by atoms with Gasteiger partial charge in [0.2, 0.25) is 5.91 Å². The number of nitrogens with one attached hydrogen (secondary N) is 2. The number of hydrogen-bond donors (Lipinski definition) is 2. The zero-order chi connectivity index (χ0) is 22.6. The molecule has 31 heavy (non-hydrogen) atoms. The fourth-order valence-electron chi connectivity index (χ4n) is 3.01. The molecule has 0 radical (unpaired) electrons. The molecule has 1 atom stereocenters. The molecule has 0 fully saturated rings. The molecule has 0 spiro atoms. The van der Waals surface area contributed by atoms with Crippen molar-refractivity contribution in [2.75, 3.05) is 37.6 Å². The molecule has 0 aliphatic carbocycles. The summed E-state index contributed by atoms with van der Waals surface area (Å²) in [4.78, 5) is 30.3. The summed E-state index contributed by atoms with van der Waals surface area (Å²) in [7, 11) is 2.83. The van der Waals surface area contributed by atoms with E-state index in [0.29, 0.717) is 11.3 Å². The van der Waals surface area contributed by atoms with Gasteiger partial charge in [0.15, 0.2) is 5.82 Å². The highest BCUT2D eigenvalue weighted by Gasteiger charge is 2.32. The number of pyridine rings is 1. The van der Waals surface area contributed by atoms with E-state index in [1.807, 2.05) is 0 Å². The van der Waals surface area contributed by atoms with Crippen molar-refractivity contribution in [3.8, 4) is 11.5 Å². The van der Waals surface area contributed by atoms with Crippen LogP contribution in [-0.2, 0) is 9.53 Å². The smallest absolute Gasteiger partial charge is 0.494 e. The molecule has 166 valence electrons. The van der Waals surface area contributed by atoms with Gasteiger partial charge < -0.3 is 24.8 Å². The van der Waals surface area contributed by atoms with Crippen molar-refractivity contribution in [3.05, 3.63) is 42.1 Å². The van der Waals surface area contributed by atoms with E-state index >= 15 is 0 Å². The lowest BCUT2D eigenvalue weighted by Gasteiger charge is -2.30. The molecule has 1 aromatic heterocycles. The average molecular weight is 440 g/mol. The third-order valence-electron chi connectivity index (χ3n) is 4.33. The van der Waals surface area contributed by atoms with Gasteiger partial charge in [-0.25, -0.2) is 9.78 Å². The van der Waals surface area contributed by atoms with Gasteiger partial charge in [-0.15, -0.1) is 13.2 Å². The van der Waals surface area contributed by atoms with E-state index in [2.05, 4.69) is 20.4 Å².